The zero-order valence-electron chi connectivity index (χ0n) is 9.71. The molecule has 0 radical (unpaired) electrons. The Labute approximate surface area is 101 Å². The van der Waals surface area contributed by atoms with Gasteiger partial charge in [-0.3, -0.25) is 20.2 Å². The molecule has 0 aromatic heterocycles. The van der Waals surface area contributed by atoms with E-state index in [-0.39, 0.29) is 23.3 Å². The summed E-state index contributed by atoms with van der Waals surface area (Å²) in [6.07, 6.45) is 0.0883. The van der Waals surface area contributed by atoms with Crippen molar-refractivity contribution in [2.75, 3.05) is 7.11 Å². The fourth-order valence-corrected chi connectivity index (χ4v) is 2.03. The van der Waals surface area contributed by atoms with Gasteiger partial charge in [0, 0.05) is 6.42 Å². The first-order valence-electron chi connectivity index (χ1n) is 5.15. The Balaban J connectivity index is 2.75. The molecule has 0 N–H and O–H groups in total. The van der Waals surface area contributed by atoms with Crippen molar-refractivity contribution >= 4 is 11.4 Å². The predicted octanol–water partition coefficient (Wildman–Crippen LogP) is 1.84. The van der Waals surface area contributed by atoms with Gasteiger partial charge in [-0.15, -0.1) is 0 Å². The Morgan fingerprint density at radius 1 is 1.39 bits per heavy atom. The zero-order chi connectivity index (χ0) is 13.4. The third kappa shape index (κ3) is 1.71. The molecule has 1 aromatic rings. The molecule has 0 fully saturated rings. The number of benzene rings is 1. The molecule has 1 aliphatic heterocycles. The number of nitrogens with zero attached hydrogens (tertiary/aromatic N) is 2. The number of hydrogen-bond acceptors (Lipinski definition) is 6. The first-order chi connectivity index (χ1) is 8.45. The minimum atomic E-state index is -0.724. The van der Waals surface area contributed by atoms with E-state index in [2.05, 4.69) is 0 Å². The molecule has 1 aliphatic rings. The van der Waals surface area contributed by atoms with Gasteiger partial charge in [0.1, 0.15) is 11.9 Å². The second kappa shape index (κ2) is 4.13. The van der Waals surface area contributed by atoms with E-state index < -0.39 is 15.5 Å². The summed E-state index contributed by atoms with van der Waals surface area (Å²) in [6.45, 7) is 1.74. The molecule has 96 valence electrons. The Morgan fingerprint density at radius 3 is 2.56 bits per heavy atom. The molecule has 0 bridgehead atoms. The Morgan fingerprint density at radius 2 is 2.06 bits per heavy atom. The summed E-state index contributed by atoms with van der Waals surface area (Å²) in [7, 11) is 1.17. The van der Waals surface area contributed by atoms with Gasteiger partial charge >= 0.3 is 11.4 Å². The largest absolute Gasteiger partial charge is 0.490 e. The number of fused-ring (bicyclic) bond motifs is 1. The normalized spacial score (nSPS) is 16.9. The lowest BCUT2D eigenvalue weighted by molar-refractivity contribution is -0.396. The van der Waals surface area contributed by atoms with Crippen LogP contribution in [0.4, 0.5) is 11.4 Å². The van der Waals surface area contributed by atoms with E-state index in [1.807, 2.05) is 0 Å². The number of hydrogen-bond donors (Lipinski definition) is 0. The average molecular weight is 254 g/mol. The van der Waals surface area contributed by atoms with Crippen molar-refractivity contribution in [3.63, 3.8) is 0 Å². The zero-order valence-corrected chi connectivity index (χ0v) is 9.71. The highest BCUT2D eigenvalue weighted by Gasteiger charge is 2.37. The highest BCUT2D eigenvalue weighted by atomic mass is 16.6. The van der Waals surface area contributed by atoms with Gasteiger partial charge in [0.05, 0.1) is 28.6 Å². The summed E-state index contributed by atoms with van der Waals surface area (Å²) >= 11 is 0. The number of nitro groups is 2. The molecule has 1 heterocycles. The van der Waals surface area contributed by atoms with Crippen molar-refractivity contribution in [2.24, 2.45) is 0 Å². The number of nitro benzene ring substituents is 2. The second-order valence-corrected chi connectivity index (χ2v) is 3.90. The van der Waals surface area contributed by atoms with Crippen LogP contribution in [0.25, 0.3) is 0 Å². The topological polar surface area (TPSA) is 105 Å². The van der Waals surface area contributed by atoms with Crippen molar-refractivity contribution in [3.8, 4) is 11.5 Å². The summed E-state index contributed by atoms with van der Waals surface area (Å²) in [5, 5.41) is 22.0. The first kappa shape index (κ1) is 12.1. The molecular formula is C10H10N2O6. The average Bonchev–Trinajstić information content (AvgIpc) is 2.65. The molecule has 0 saturated carbocycles. The van der Waals surface area contributed by atoms with Crippen LogP contribution >= 0.6 is 0 Å². The van der Waals surface area contributed by atoms with Gasteiger partial charge in [-0.2, -0.15) is 0 Å². The van der Waals surface area contributed by atoms with E-state index >= 15 is 0 Å². The van der Waals surface area contributed by atoms with Crippen molar-refractivity contribution < 1.29 is 19.3 Å². The molecule has 0 aliphatic carbocycles. The lowest BCUT2D eigenvalue weighted by Gasteiger charge is -2.06. The summed E-state index contributed by atoms with van der Waals surface area (Å²) in [6, 6.07) is 1.17. The van der Waals surface area contributed by atoms with Gasteiger partial charge in [-0.05, 0) is 6.92 Å². The SMILES string of the molecule is COc1c([N+](=O)[O-])cc2c(c1[N+](=O)[O-])CC(C)O2. The molecule has 1 unspecified atom stereocenters. The maximum Gasteiger partial charge on any atom is 0.325 e. The van der Waals surface area contributed by atoms with Crippen LogP contribution in [0, 0.1) is 20.2 Å². The standard InChI is InChI=1S/C10H10N2O6/c1-5-3-6-8(18-5)4-7(11(13)14)10(17-2)9(6)12(15)16/h4-5H,3H2,1-2H3. The predicted molar refractivity (Wildman–Crippen MR) is 60.1 cm³/mol. The fourth-order valence-electron chi connectivity index (χ4n) is 2.03. The van der Waals surface area contributed by atoms with E-state index in [4.69, 9.17) is 9.47 Å². The monoisotopic (exact) mass is 254 g/mol. The van der Waals surface area contributed by atoms with Crippen LogP contribution in [0.1, 0.15) is 12.5 Å². The molecule has 18 heavy (non-hydrogen) atoms. The van der Waals surface area contributed by atoms with Crippen LogP contribution in [0.15, 0.2) is 6.07 Å². The third-order valence-corrected chi connectivity index (χ3v) is 2.70. The highest BCUT2D eigenvalue weighted by molar-refractivity contribution is 5.69. The van der Waals surface area contributed by atoms with E-state index in [1.54, 1.807) is 6.92 Å². The second-order valence-electron chi connectivity index (χ2n) is 3.90. The van der Waals surface area contributed by atoms with Crippen molar-refractivity contribution in [3.05, 3.63) is 31.9 Å². The number of methoxy groups -OCH3 is 1. The van der Waals surface area contributed by atoms with E-state index in [0.717, 1.165) is 0 Å². The first-order valence-corrected chi connectivity index (χ1v) is 5.15. The molecular weight excluding hydrogens is 244 g/mol. The van der Waals surface area contributed by atoms with Crippen molar-refractivity contribution in [1.29, 1.82) is 0 Å². The molecule has 1 atom stereocenters. The minimum Gasteiger partial charge on any atom is -0.490 e. The van der Waals surface area contributed by atoms with Gasteiger partial charge < -0.3 is 9.47 Å². The van der Waals surface area contributed by atoms with E-state index in [1.165, 1.54) is 13.2 Å². The Kier molecular flexibility index (Phi) is 2.77. The van der Waals surface area contributed by atoms with Crippen molar-refractivity contribution in [1.82, 2.24) is 0 Å². The molecule has 2 rings (SSSR count). The van der Waals surface area contributed by atoms with Gasteiger partial charge in [0.2, 0.25) is 0 Å². The maximum absolute atomic E-state index is 11.1. The molecule has 0 amide bonds. The smallest absolute Gasteiger partial charge is 0.325 e. The lowest BCUT2D eigenvalue weighted by Crippen LogP contribution is -2.05. The van der Waals surface area contributed by atoms with Gasteiger partial charge in [0.15, 0.2) is 0 Å². The summed E-state index contributed by atoms with van der Waals surface area (Å²) in [4.78, 5) is 20.6. The number of ether oxygens (including phenoxy) is 2. The van der Waals surface area contributed by atoms with Crippen LogP contribution in [0.3, 0.4) is 0 Å². The van der Waals surface area contributed by atoms with Crippen LogP contribution in [0.2, 0.25) is 0 Å². The molecule has 0 saturated heterocycles. The molecule has 8 nitrogen and oxygen atoms in total. The third-order valence-electron chi connectivity index (χ3n) is 2.70. The number of rotatable bonds is 3. The Bertz CT molecular complexity index is 542. The van der Waals surface area contributed by atoms with E-state index in [9.17, 15) is 20.2 Å². The maximum atomic E-state index is 11.1. The fraction of sp³-hybridized carbons (Fsp3) is 0.400. The van der Waals surface area contributed by atoms with Gasteiger partial charge in [-0.1, -0.05) is 0 Å². The molecule has 8 heteroatoms. The van der Waals surface area contributed by atoms with E-state index in [0.29, 0.717) is 12.0 Å². The highest BCUT2D eigenvalue weighted by Crippen LogP contribution is 2.47. The summed E-state index contributed by atoms with van der Waals surface area (Å²) < 4.78 is 10.1. The van der Waals surface area contributed by atoms with Gasteiger partial charge in [-0.25, -0.2) is 0 Å². The quantitative estimate of drug-likeness (QED) is 0.601. The van der Waals surface area contributed by atoms with Crippen molar-refractivity contribution in [2.45, 2.75) is 19.4 Å². The molecule has 1 aromatic carbocycles. The van der Waals surface area contributed by atoms with Crippen LogP contribution < -0.4 is 9.47 Å². The van der Waals surface area contributed by atoms with Crippen LogP contribution in [0.5, 0.6) is 11.5 Å². The minimum absolute atomic E-state index is 0.182. The molecule has 0 spiro atoms. The van der Waals surface area contributed by atoms with Crippen LogP contribution in [-0.4, -0.2) is 23.1 Å². The van der Waals surface area contributed by atoms with Crippen LogP contribution in [-0.2, 0) is 6.42 Å². The lowest BCUT2D eigenvalue weighted by atomic mass is 10.1. The van der Waals surface area contributed by atoms with Gasteiger partial charge in [0.25, 0.3) is 5.75 Å². The summed E-state index contributed by atoms with van der Waals surface area (Å²) in [5.74, 6) is -0.150. The Hall–Kier alpha value is -2.38. The summed E-state index contributed by atoms with van der Waals surface area (Å²) in [5.41, 5.74) is -0.502.